The maximum atomic E-state index is 13.8. The minimum Gasteiger partial charge on any atom is -0.436 e. The third kappa shape index (κ3) is 4.16. The summed E-state index contributed by atoms with van der Waals surface area (Å²) >= 11 is 5.73. The van der Waals surface area contributed by atoms with Crippen LogP contribution >= 0.6 is 11.6 Å². The van der Waals surface area contributed by atoms with Crippen molar-refractivity contribution in [2.75, 3.05) is 6.54 Å². The van der Waals surface area contributed by atoms with Crippen LogP contribution in [-0.2, 0) is 6.54 Å². The van der Waals surface area contributed by atoms with Gasteiger partial charge in [-0.15, -0.1) is 0 Å². The molecule has 2 aromatic rings. The molecule has 0 aliphatic rings. The van der Waals surface area contributed by atoms with Gasteiger partial charge >= 0.3 is 0 Å². The fourth-order valence-electron chi connectivity index (χ4n) is 1.90. The largest absolute Gasteiger partial charge is 0.436 e. The molecule has 0 amide bonds. The van der Waals surface area contributed by atoms with E-state index >= 15 is 0 Å². The van der Waals surface area contributed by atoms with E-state index in [0.29, 0.717) is 5.88 Å². The Bertz CT molecular complexity index is 619. The van der Waals surface area contributed by atoms with Gasteiger partial charge < -0.3 is 10.1 Å². The molecule has 1 N–H and O–H groups in total. The highest BCUT2D eigenvalue weighted by molar-refractivity contribution is 6.30. The Labute approximate surface area is 129 Å². The lowest BCUT2D eigenvalue weighted by molar-refractivity contribution is 0.424. The number of rotatable bonds is 6. The summed E-state index contributed by atoms with van der Waals surface area (Å²) in [5, 5.41) is 3.34. The number of ether oxygens (including phenoxy) is 1. The van der Waals surface area contributed by atoms with E-state index in [1.165, 1.54) is 12.1 Å². The van der Waals surface area contributed by atoms with Crippen molar-refractivity contribution in [1.29, 1.82) is 0 Å². The quantitative estimate of drug-likeness (QED) is 0.799. The first kappa shape index (κ1) is 15.7. The molecule has 0 saturated heterocycles. The van der Waals surface area contributed by atoms with E-state index in [4.69, 9.17) is 16.3 Å². The number of hydrogen-bond donors (Lipinski definition) is 1. The number of hydrogen-bond acceptors (Lipinski definition) is 3. The van der Waals surface area contributed by atoms with Crippen LogP contribution in [0, 0.1) is 12.7 Å². The third-order valence-corrected chi connectivity index (χ3v) is 3.26. The lowest BCUT2D eigenvalue weighted by atomic mass is 10.2. The van der Waals surface area contributed by atoms with E-state index in [0.717, 1.165) is 30.6 Å². The van der Waals surface area contributed by atoms with Crippen LogP contribution in [0.2, 0.25) is 5.02 Å². The number of nitrogens with zero attached hydrogens (tertiary/aromatic N) is 1. The molecule has 2 rings (SSSR count). The van der Waals surface area contributed by atoms with Crippen LogP contribution in [0.25, 0.3) is 0 Å². The summed E-state index contributed by atoms with van der Waals surface area (Å²) in [6, 6.07) is 6.62. The lowest BCUT2D eigenvalue weighted by Gasteiger charge is -2.10. The Morgan fingerprint density at radius 3 is 2.90 bits per heavy atom. The van der Waals surface area contributed by atoms with Crippen molar-refractivity contribution in [3.8, 4) is 11.6 Å². The predicted molar refractivity (Wildman–Crippen MR) is 82.5 cm³/mol. The fraction of sp³-hybridized carbons (Fsp3) is 0.312. The normalized spacial score (nSPS) is 10.7. The zero-order valence-electron chi connectivity index (χ0n) is 12.1. The molecule has 112 valence electrons. The van der Waals surface area contributed by atoms with Gasteiger partial charge in [0.25, 0.3) is 0 Å². The SMILES string of the molecule is CCCNCc1cnc(Oc2cccc(Cl)c2F)c(C)c1. The summed E-state index contributed by atoms with van der Waals surface area (Å²) in [5.41, 5.74) is 1.92. The predicted octanol–water partition coefficient (Wildman–Crippen LogP) is 4.47. The second kappa shape index (κ2) is 7.38. The van der Waals surface area contributed by atoms with E-state index in [-0.39, 0.29) is 10.8 Å². The highest BCUT2D eigenvalue weighted by atomic mass is 35.5. The molecule has 5 heteroatoms. The molecule has 0 aliphatic heterocycles. The molecule has 21 heavy (non-hydrogen) atoms. The summed E-state index contributed by atoms with van der Waals surface area (Å²) in [6.07, 6.45) is 2.81. The minimum absolute atomic E-state index is 0.0329. The molecule has 0 saturated carbocycles. The molecule has 1 aromatic carbocycles. The molecule has 0 aliphatic carbocycles. The van der Waals surface area contributed by atoms with Gasteiger partial charge in [-0.2, -0.15) is 0 Å². The van der Waals surface area contributed by atoms with Gasteiger partial charge in [-0.1, -0.05) is 24.6 Å². The first-order chi connectivity index (χ1) is 10.1. The number of aryl methyl sites for hydroxylation is 1. The van der Waals surface area contributed by atoms with E-state index in [9.17, 15) is 4.39 Å². The first-order valence-electron chi connectivity index (χ1n) is 6.90. The average Bonchev–Trinajstić information content (AvgIpc) is 2.47. The van der Waals surface area contributed by atoms with Gasteiger partial charge in [-0.25, -0.2) is 9.37 Å². The van der Waals surface area contributed by atoms with Crippen LogP contribution in [0.15, 0.2) is 30.5 Å². The first-order valence-corrected chi connectivity index (χ1v) is 7.27. The van der Waals surface area contributed by atoms with Crippen LogP contribution in [0.5, 0.6) is 11.6 Å². The maximum Gasteiger partial charge on any atom is 0.222 e. The monoisotopic (exact) mass is 308 g/mol. The van der Waals surface area contributed by atoms with Crippen LogP contribution in [0.1, 0.15) is 24.5 Å². The Hall–Kier alpha value is -1.65. The number of halogens is 2. The molecular weight excluding hydrogens is 291 g/mol. The topological polar surface area (TPSA) is 34.2 Å². The molecule has 0 radical (unpaired) electrons. The Morgan fingerprint density at radius 2 is 2.19 bits per heavy atom. The minimum atomic E-state index is -0.575. The van der Waals surface area contributed by atoms with Crippen LogP contribution in [0.3, 0.4) is 0 Å². The summed E-state index contributed by atoms with van der Waals surface area (Å²) in [7, 11) is 0. The molecular formula is C16H18ClFN2O. The molecule has 3 nitrogen and oxygen atoms in total. The van der Waals surface area contributed by atoms with Crippen molar-refractivity contribution in [2.45, 2.75) is 26.8 Å². The summed E-state index contributed by atoms with van der Waals surface area (Å²) < 4.78 is 19.3. The van der Waals surface area contributed by atoms with Gasteiger partial charge in [0.2, 0.25) is 5.88 Å². The van der Waals surface area contributed by atoms with Crippen molar-refractivity contribution >= 4 is 11.6 Å². The van der Waals surface area contributed by atoms with E-state index in [1.54, 1.807) is 12.3 Å². The van der Waals surface area contributed by atoms with Gasteiger partial charge in [0.05, 0.1) is 5.02 Å². The lowest BCUT2D eigenvalue weighted by Crippen LogP contribution is -2.14. The summed E-state index contributed by atoms with van der Waals surface area (Å²) in [4.78, 5) is 4.25. The molecule has 0 atom stereocenters. The second-order valence-corrected chi connectivity index (χ2v) is 5.20. The molecule has 0 fully saturated rings. The maximum absolute atomic E-state index is 13.8. The highest BCUT2D eigenvalue weighted by Crippen LogP contribution is 2.29. The zero-order chi connectivity index (χ0) is 15.2. The van der Waals surface area contributed by atoms with Gasteiger partial charge in [0.15, 0.2) is 11.6 Å². The van der Waals surface area contributed by atoms with E-state index in [2.05, 4.69) is 17.2 Å². The van der Waals surface area contributed by atoms with E-state index < -0.39 is 5.82 Å². The zero-order valence-corrected chi connectivity index (χ0v) is 12.9. The summed E-state index contributed by atoms with van der Waals surface area (Å²) in [5.74, 6) is -0.112. The Morgan fingerprint density at radius 1 is 1.38 bits per heavy atom. The molecule has 0 spiro atoms. The fourth-order valence-corrected chi connectivity index (χ4v) is 2.07. The Kier molecular flexibility index (Phi) is 5.53. The van der Waals surface area contributed by atoms with Crippen molar-refractivity contribution in [1.82, 2.24) is 10.3 Å². The number of benzene rings is 1. The van der Waals surface area contributed by atoms with Gasteiger partial charge in [-0.05, 0) is 43.7 Å². The average molecular weight is 309 g/mol. The number of nitrogens with one attached hydrogen (secondary N) is 1. The van der Waals surface area contributed by atoms with Gasteiger partial charge in [0, 0.05) is 18.3 Å². The van der Waals surface area contributed by atoms with Crippen LogP contribution in [-0.4, -0.2) is 11.5 Å². The van der Waals surface area contributed by atoms with Crippen molar-refractivity contribution in [2.24, 2.45) is 0 Å². The van der Waals surface area contributed by atoms with Crippen molar-refractivity contribution in [3.63, 3.8) is 0 Å². The molecule has 0 bridgehead atoms. The smallest absolute Gasteiger partial charge is 0.222 e. The number of pyridine rings is 1. The van der Waals surface area contributed by atoms with Crippen LogP contribution < -0.4 is 10.1 Å². The summed E-state index contributed by atoms with van der Waals surface area (Å²) in [6.45, 7) is 5.72. The molecule has 0 unspecified atom stereocenters. The van der Waals surface area contributed by atoms with Gasteiger partial charge in [-0.3, -0.25) is 0 Å². The Balaban J connectivity index is 2.12. The van der Waals surface area contributed by atoms with Gasteiger partial charge in [0.1, 0.15) is 0 Å². The molecule has 1 aromatic heterocycles. The number of aromatic nitrogens is 1. The second-order valence-electron chi connectivity index (χ2n) is 4.80. The van der Waals surface area contributed by atoms with Crippen molar-refractivity contribution < 1.29 is 9.13 Å². The van der Waals surface area contributed by atoms with E-state index in [1.807, 2.05) is 13.0 Å². The van der Waals surface area contributed by atoms with Crippen molar-refractivity contribution in [3.05, 3.63) is 52.4 Å². The molecule has 1 heterocycles. The third-order valence-electron chi connectivity index (χ3n) is 2.97. The highest BCUT2D eigenvalue weighted by Gasteiger charge is 2.11. The standard InChI is InChI=1S/C16H18ClFN2O/c1-3-7-19-9-12-8-11(2)16(20-10-12)21-14-6-4-5-13(17)15(14)18/h4-6,8,10,19H,3,7,9H2,1-2H3. The van der Waals surface area contributed by atoms with Crippen LogP contribution in [0.4, 0.5) is 4.39 Å².